The normalized spacial score (nSPS) is 14.3. The number of halogens is 2. The lowest BCUT2D eigenvalue weighted by Gasteiger charge is -2.26. The zero-order valence-electron chi connectivity index (χ0n) is 14.0. The first kappa shape index (κ1) is 18.6. The van der Waals surface area contributed by atoms with Crippen LogP contribution in [-0.2, 0) is 11.4 Å². The fourth-order valence-electron chi connectivity index (χ4n) is 1.77. The monoisotopic (exact) mass is 354 g/mol. The maximum Gasteiger partial charge on any atom is 0.219 e. The molecule has 0 aliphatic carbocycles. The van der Waals surface area contributed by atoms with Crippen LogP contribution in [0.2, 0.25) is 0 Å². The van der Waals surface area contributed by atoms with Crippen molar-refractivity contribution in [2.24, 2.45) is 0 Å². The second-order valence-electron chi connectivity index (χ2n) is 6.33. The van der Waals surface area contributed by atoms with E-state index in [-0.39, 0.29) is 22.4 Å². The summed E-state index contributed by atoms with van der Waals surface area (Å²) < 4.78 is 46.2. The minimum atomic E-state index is -1.20. The number of hydrogen-bond acceptors (Lipinski definition) is 4. The van der Waals surface area contributed by atoms with Crippen LogP contribution in [0.4, 0.5) is 8.78 Å². The van der Waals surface area contributed by atoms with Gasteiger partial charge in [0.25, 0.3) is 0 Å². The first-order chi connectivity index (χ1) is 11.2. The molecule has 0 spiro atoms. The van der Waals surface area contributed by atoms with Gasteiger partial charge in [-0.1, -0.05) is 6.07 Å². The van der Waals surface area contributed by atoms with Crippen molar-refractivity contribution in [3.8, 4) is 11.6 Å². The highest BCUT2D eigenvalue weighted by Crippen LogP contribution is 2.24. The second kappa shape index (κ2) is 7.46. The van der Waals surface area contributed by atoms with Crippen LogP contribution in [0.15, 0.2) is 36.5 Å². The Morgan fingerprint density at radius 2 is 1.88 bits per heavy atom. The molecule has 0 aliphatic heterocycles. The van der Waals surface area contributed by atoms with Crippen LogP contribution in [-0.4, -0.2) is 14.3 Å². The highest BCUT2D eigenvalue weighted by atomic mass is 32.2. The molecule has 0 amide bonds. The number of hydrogen-bond donors (Lipinski definition) is 1. The molecular weight excluding hydrogens is 334 g/mol. The van der Waals surface area contributed by atoms with Gasteiger partial charge in [0, 0.05) is 29.7 Å². The summed E-state index contributed by atoms with van der Waals surface area (Å²) in [5.74, 6) is -1.49. The Morgan fingerprint density at radius 3 is 2.42 bits per heavy atom. The average Bonchev–Trinajstić information content (AvgIpc) is 2.50. The molecule has 130 valence electrons. The standard InChI is InChI=1S/C17H20F2N2O2S/c1-11(21-24(22)17(2,3)4)12-5-8-16(20-10-12)23-13-6-7-14(18)15(19)9-13/h5-11,21H,1-4H3/t11-,24?/m0/s1. The van der Waals surface area contributed by atoms with Crippen LogP contribution >= 0.6 is 0 Å². The molecule has 1 heterocycles. The van der Waals surface area contributed by atoms with Crippen molar-refractivity contribution in [2.75, 3.05) is 0 Å². The lowest BCUT2D eigenvalue weighted by Crippen LogP contribution is -2.40. The Labute approximate surface area is 143 Å². The molecule has 0 saturated carbocycles. The molecular formula is C17H20F2N2O2S. The number of benzene rings is 1. The number of nitrogens with one attached hydrogen (secondary N) is 1. The molecule has 2 aromatic rings. The maximum absolute atomic E-state index is 13.2. The third-order valence-electron chi connectivity index (χ3n) is 3.21. The predicted molar refractivity (Wildman–Crippen MR) is 90.1 cm³/mol. The van der Waals surface area contributed by atoms with Crippen molar-refractivity contribution < 1.29 is 18.1 Å². The zero-order chi connectivity index (χ0) is 17.9. The van der Waals surface area contributed by atoms with Crippen LogP contribution in [0.3, 0.4) is 0 Å². The Hall–Kier alpha value is -1.70. The molecule has 2 rings (SSSR count). The number of rotatable bonds is 5. The molecule has 0 bridgehead atoms. The minimum absolute atomic E-state index is 0.158. The summed E-state index contributed by atoms with van der Waals surface area (Å²) in [6.45, 7) is 7.55. The molecule has 24 heavy (non-hydrogen) atoms. The number of aromatic nitrogens is 1. The molecule has 1 unspecified atom stereocenters. The van der Waals surface area contributed by atoms with Crippen LogP contribution in [0.25, 0.3) is 0 Å². The third kappa shape index (κ3) is 4.90. The number of pyridine rings is 1. The van der Waals surface area contributed by atoms with Gasteiger partial charge in [-0.05, 0) is 45.4 Å². The molecule has 7 heteroatoms. The number of ether oxygens (including phenoxy) is 1. The van der Waals surface area contributed by atoms with Gasteiger partial charge in [0.2, 0.25) is 5.88 Å². The quantitative estimate of drug-likeness (QED) is 0.815. The Kier molecular flexibility index (Phi) is 5.79. The third-order valence-corrected chi connectivity index (χ3v) is 4.89. The fraction of sp³-hybridized carbons (Fsp3) is 0.353. The van der Waals surface area contributed by atoms with Gasteiger partial charge in [-0.2, -0.15) is 0 Å². The summed E-state index contributed by atoms with van der Waals surface area (Å²) in [6.07, 6.45) is 1.59. The van der Waals surface area contributed by atoms with Crippen molar-refractivity contribution in [1.29, 1.82) is 0 Å². The van der Waals surface area contributed by atoms with E-state index >= 15 is 0 Å². The van der Waals surface area contributed by atoms with E-state index in [0.717, 1.165) is 17.7 Å². The Balaban J connectivity index is 2.03. The van der Waals surface area contributed by atoms with Crippen LogP contribution in [0.1, 0.15) is 39.3 Å². The zero-order valence-corrected chi connectivity index (χ0v) is 14.8. The lowest BCUT2D eigenvalue weighted by atomic mass is 10.2. The van der Waals surface area contributed by atoms with Gasteiger partial charge in [-0.15, -0.1) is 4.72 Å². The predicted octanol–water partition coefficient (Wildman–Crippen LogP) is 4.26. The molecule has 1 aromatic heterocycles. The summed E-state index contributed by atoms with van der Waals surface area (Å²) >= 11 is -1.20. The maximum atomic E-state index is 13.2. The summed E-state index contributed by atoms with van der Waals surface area (Å²) in [5.41, 5.74) is 0.838. The number of nitrogens with zero attached hydrogens (tertiary/aromatic N) is 1. The van der Waals surface area contributed by atoms with Gasteiger partial charge in [0.15, 0.2) is 11.6 Å². The molecule has 4 nitrogen and oxygen atoms in total. The van der Waals surface area contributed by atoms with E-state index in [1.54, 1.807) is 18.3 Å². The van der Waals surface area contributed by atoms with Gasteiger partial charge in [-0.3, -0.25) is 0 Å². The lowest BCUT2D eigenvalue weighted by molar-refractivity contribution is 0.447. The molecule has 2 atom stereocenters. The smallest absolute Gasteiger partial charge is 0.219 e. The van der Waals surface area contributed by atoms with Crippen molar-refractivity contribution in [1.82, 2.24) is 9.71 Å². The van der Waals surface area contributed by atoms with Crippen LogP contribution < -0.4 is 9.46 Å². The molecule has 0 radical (unpaired) electrons. The summed E-state index contributed by atoms with van der Waals surface area (Å²) in [6, 6.07) is 6.52. The second-order valence-corrected chi connectivity index (χ2v) is 8.33. The first-order valence-corrected chi connectivity index (χ1v) is 8.58. The molecule has 0 saturated heterocycles. The summed E-state index contributed by atoms with van der Waals surface area (Å²) in [5, 5.41) is 0. The van der Waals surface area contributed by atoms with E-state index in [9.17, 15) is 13.3 Å². The molecule has 0 fully saturated rings. The van der Waals surface area contributed by atoms with Gasteiger partial charge in [-0.25, -0.2) is 13.8 Å². The van der Waals surface area contributed by atoms with Gasteiger partial charge in [0.1, 0.15) is 10.5 Å². The topological polar surface area (TPSA) is 57.2 Å². The van der Waals surface area contributed by atoms with E-state index in [4.69, 9.17) is 4.74 Å². The summed E-state index contributed by atoms with van der Waals surface area (Å²) in [4.78, 5) is 4.14. The summed E-state index contributed by atoms with van der Waals surface area (Å²) in [7, 11) is 0. The van der Waals surface area contributed by atoms with E-state index in [0.29, 0.717) is 0 Å². The first-order valence-electron chi connectivity index (χ1n) is 7.44. The largest absolute Gasteiger partial charge is 0.598 e. The molecule has 1 aromatic carbocycles. The van der Waals surface area contributed by atoms with Gasteiger partial charge >= 0.3 is 0 Å². The van der Waals surface area contributed by atoms with E-state index in [1.165, 1.54) is 6.07 Å². The Morgan fingerprint density at radius 1 is 1.17 bits per heavy atom. The highest BCUT2D eigenvalue weighted by Gasteiger charge is 2.28. The molecule has 0 aliphatic rings. The highest BCUT2D eigenvalue weighted by molar-refractivity contribution is 7.90. The average molecular weight is 354 g/mol. The minimum Gasteiger partial charge on any atom is -0.598 e. The van der Waals surface area contributed by atoms with E-state index < -0.39 is 23.0 Å². The van der Waals surface area contributed by atoms with Gasteiger partial charge in [0.05, 0.1) is 6.04 Å². The van der Waals surface area contributed by atoms with E-state index in [1.807, 2.05) is 27.7 Å². The van der Waals surface area contributed by atoms with E-state index in [2.05, 4.69) is 9.71 Å². The molecule has 1 N–H and O–H groups in total. The van der Waals surface area contributed by atoms with Crippen molar-refractivity contribution in [3.05, 3.63) is 53.7 Å². The van der Waals surface area contributed by atoms with Crippen LogP contribution in [0, 0.1) is 11.6 Å². The fourth-order valence-corrected chi connectivity index (χ4v) is 2.59. The van der Waals surface area contributed by atoms with Gasteiger partial charge < -0.3 is 9.29 Å². The van der Waals surface area contributed by atoms with Crippen molar-refractivity contribution >= 4 is 11.4 Å². The SMILES string of the molecule is C[C@H](N[S+]([O-])C(C)(C)C)c1ccc(Oc2ccc(F)c(F)c2)nc1. The van der Waals surface area contributed by atoms with Crippen molar-refractivity contribution in [3.63, 3.8) is 0 Å². The van der Waals surface area contributed by atoms with Crippen LogP contribution in [0.5, 0.6) is 11.6 Å². The Bertz CT molecular complexity index is 690. The van der Waals surface area contributed by atoms with Crippen molar-refractivity contribution in [2.45, 2.75) is 38.5 Å².